The molecule has 1 aromatic rings. The van der Waals surface area contributed by atoms with Gasteiger partial charge in [-0.2, -0.15) is 0 Å². The molecule has 1 aliphatic rings. The molecule has 0 N–H and O–H groups in total. The Hall–Kier alpha value is -1.84. The average Bonchev–Trinajstić information content (AvgIpc) is 2.77. The van der Waals surface area contributed by atoms with E-state index in [1.807, 2.05) is 51.1 Å². The van der Waals surface area contributed by atoms with Crippen molar-refractivity contribution < 1.29 is 19.1 Å². The minimum absolute atomic E-state index is 0.294. The Labute approximate surface area is 125 Å². The van der Waals surface area contributed by atoms with Crippen molar-refractivity contribution in [3.63, 3.8) is 0 Å². The summed E-state index contributed by atoms with van der Waals surface area (Å²) in [4.78, 5) is 24.7. The topological polar surface area (TPSA) is 52.6 Å². The molecule has 0 spiro atoms. The Balaban J connectivity index is 2.41. The van der Waals surface area contributed by atoms with Crippen LogP contribution in [-0.4, -0.2) is 18.5 Å². The number of rotatable bonds is 3. The van der Waals surface area contributed by atoms with E-state index in [0.717, 1.165) is 5.56 Å². The fourth-order valence-electron chi connectivity index (χ4n) is 2.90. The van der Waals surface area contributed by atoms with E-state index in [0.29, 0.717) is 6.61 Å². The van der Waals surface area contributed by atoms with Gasteiger partial charge in [-0.25, -0.2) is 0 Å². The van der Waals surface area contributed by atoms with E-state index in [9.17, 15) is 9.59 Å². The van der Waals surface area contributed by atoms with Crippen molar-refractivity contribution in [1.82, 2.24) is 0 Å². The van der Waals surface area contributed by atoms with Crippen LogP contribution in [0.1, 0.15) is 39.4 Å². The van der Waals surface area contributed by atoms with Crippen molar-refractivity contribution in [2.24, 2.45) is 17.3 Å². The molecule has 4 heteroatoms. The van der Waals surface area contributed by atoms with Gasteiger partial charge in [-0.15, -0.1) is 0 Å². The Morgan fingerprint density at radius 2 is 1.86 bits per heavy atom. The van der Waals surface area contributed by atoms with Gasteiger partial charge in [0, 0.05) is 0 Å². The number of carbonyl (C=O) groups excluding carboxylic acids is 2. The number of esters is 2. The van der Waals surface area contributed by atoms with Gasteiger partial charge in [-0.3, -0.25) is 9.59 Å². The van der Waals surface area contributed by atoms with Crippen molar-refractivity contribution in [3.05, 3.63) is 35.9 Å². The Morgan fingerprint density at radius 1 is 1.24 bits per heavy atom. The molecule has 1 aliphatic heterocycles. The molecule has 2 rings (SSSR count). The summed E-state index contributed by atoms with van der Waals surface area (Å²) in [6.07, 6.45) is -0.568. The summed E-state index contributed by atoms with van der Waals surface area (Å²) in [6.45, 7) is 7.89. The number of carbonyl (C=O) groups is 2. The Kier molecular flexibility index (Phi) is 4.35. The molecule has 21 heavy (non-hydrogen) atoms. The van der Waals surface area contributed by atoms with Crippen LogP contribution < -0.4 is 0 Å². The molecule has 1 saturated heterocycles. The number of hydrogen-bond acceptors (Lipinski definition) is 4. The van der Waals surface area contributed by atoms with Crippen molar-refractivity contribution in [2.75, 3.05) is 6.61 Å². The first-order chi connectivity index (χ1) is 9.86. The highest BCUT2D eigenvalue weighted by Crippen LogP contribution is 2.47. The molecular formula is C17H22O4. The van der Waals surface area contributed by atoms with Gasteiger partial charge < -0.3 is 9.47 Å². The molecule has 1 fully saturated rings. The summed E-state index contributed by atoms with van der Waals surface area (Å²) in [5.74, 6) is -1.78. The fraction of sp³-hybridized carbons (Fsp3) is 0.529. The molecule has 0 amide bonds. The molecule has 0 aliphatic carbocycles. The van der Waals surface area contributed by atoms with Crippen LogP contribution in [0.2, 0.25) is 0 Å². The zero-order chi connectivity index (χ0) is 15.6. The van der Waals surface area contributed by atoms with Crippen LogP contribution in [0.15, 0.2) is 30.3 Å². The maximum absolute atomic E-state index is 12.4. The van der Waals surface area contributed by atoms with E-state index in [-0.39, 0.29) is 17.4 Å². The molecule has 1 heterocycles. The predicted molar refractivity (Wildman–Crippen MR) is 78.3 cm³/mol. The summed E-state index contributed by atoms with van der Waals surface area (Å²) in [5.41, 5.74) is 0.466. The molecule has 3 unspecified atom stereocenters. The highest BCUT2D eigenvalue weighted by molar-refractivity contribution is 5.86. The standard InChI is InChI=1S/C17H22O4/c1-5-20-15(18)12-13(17(2,3)4)16(19)21-14(12)11-9-7-6-8-10-11/h6-10,12-14H,5H2,1-4H3. The quantitative estimate of drug-likeness (QED) is 0.803. The van der Waals surface area contributed by atoms with E-state index in [1.165, 1.54) is 0 Å². The van der Waals surface area contributed by atoms with Crippen LogP contribution in [0.25, 0.3) is 0 Å². The second-order valence-corrected chi connectivity index (χ2v) is 6.39. The molecule has 1 aromatic carbocycles. The van der Waals surface area contributed by atoms with Crippen LogP contribution in [-0.2, 0) is 19.1 Å². The van der Waals surface area contributed by atoms with Crippen molar-refractivity contribution in [1.29, 1.82) is 0 Å². The summed E-state index contributed by atoms with van der Waals surface area (Å²) < 4.78 is 10.7. The van der Waals surface area contributed by atoms with Crippen LogP contribution in [0.3, 0.4) is 0 Å². The Morgan fingerprint density at radius 3 is 2.38 bits per heavy atom. The third-order valence-corrected chi connectivity index (χ3v) is 3.80. The van der Waals surface area contributed by atoms with Gasteiger partial charge >= 0.3 is 11.9 Å². The van der Waals surface area contributed by atoms with E-state index in [2.05, 4.69) is 0 Å². The van der Waals surface area contributed by atoms with Crippen molar-refractivity contribution in [2.45, 2.75) is 33.8 Å². The van der Waals surface area contributed by atoms with Crippen molar-refractivity contribution in [3.8, 4) is 0 Å². The molecule has 3 atom stereocenters. The van der Waals surface area contributed by atoms with Gasteiger partial charge in [0.2, 0.25) is 0 Å². The maximum Gasteiger partial charge on any atom is 0.313 e. The zero-order valence-electron chi connectivity index (χ0n) is 13.0. The molecule has 4 nitrogen and oxygen atoms in total. The van der Waals surface area contributed by atoms with Gasteiger partial charge in [0.15, 0.2) is 0 Å². The van der Waals surface area contributed by atoms with E-state index in [1.54, 1.807) is 6.92 Å². The lowest BCUT2D eigenvalue weighted by atomic mass is 9.72. The predicted octanol–water partition coefficient (Wildman–Crippen LogP) is 3.13. The smallest absolute Gasteiger partial charge is 0.313 e. The normalized spacial score (nSPS) is 25.5. The minimum atomic E-state index is -0.597. The minimum Gasteiger partial charge on any atom is -0.466 e. The summed E-state index contributed by atoms with van der Waals surface area (Å²) in [6, 6.07) is 9.37. The first kappa shape index (κ1) is 15.5. The van der Waals surface area contributed by atoms with Gasteiger partial charge in [-0.05, 0) is 17.9 Å². The monoisotopic (exact) mass is 290 g/mol. The van der Waals surface area contributed by atoms with Gasteiger partial charge in [0.1, 0.15) is 12.0 Å². The van der Waals surface area contributed by atoms with Gasteiger partial charge in [0.05, 0.1) is 12.5 Å². The van der Waals surface area contributed by atoms with Crippen molar-refractivity contribution >= 4 is 11.9 Å². The van der Waals surface area contributed by atoms with Crippen LogP contribution in [0.4, 0.5) is 0 Å². The number of ether oxygens (including phenoxy) is 2. The van der Waals surface area contributed by atoms with Gasteiger partial charge in [0.25, 0.3) is 0 Å². The Bertz CT molecular complexity index is 515. The van der Waals surface area contributed by atoms with Crippen LogP contribution >= 0.6 is 0 Å². The highest BCUT2D eigenvalue weighted by Gasteiger charge is 2.54. The number of hydrogen-bond donors (Lipinski definition) is 0. The first-order valence-electron chi connectivity index (χ1n) is 7.28. The second-order valence-electron chi connectivity index (χ2n) is 6.39. The molecule has 0 aromatic heterocycles. The lowest BCUT2D eigenvalue weighted by Crippen LogP contribution is -2.35. The second kappa shape index (κ2) is 5.88. The maximum atomic E-state index is 12.4. The van der Waals surface area contributed by atoms with Crippen LogP contribution in [0.5, 0.6) is 0 Å². The largest absolute Gasteiger partial charge is 0.466 e. The summed E-state index contributed by atoms with van der Waals surface area (Å²) >= 11 is 0. The highest BCUT2D eigenvalue weighted by atomic mass is 16.6. The summed E-state index contributed by atoms with van der Waals surface area (Å²) in [5, 5.41) is 0. The van der Waals surface area contributed by atoms with E-state index < -0.39 is 17.9 Å². The molecule has 0 bridgehead atoms. The number of cyclic esters (lactones) is 1. The third-order valence-electron chi connectivity index (χ3n) is 3.80. The third kappa shape index (κ3) is 3.09. The lowest BCUT2D eigenvalue weighted by Gasteiger charge is -2.28. The molecule has 0 saturated carbocycles. The fourth-order valence-corrected chi connectivity index (χ4v) is 2.90. The van der Waals surface area contributed by atoms with E-state index in [4.69, 9.17) is 9.47 Å². The molecule has 114 valence electrons. The first-order valence-corrected chi connectivity index (χ1v) is 7.28. The van der Waals surface area contributed by atoms with E-state index >= 15 is 0 Å². The molecule has 0 radical (unpaired) electrons. The average molecular weight is 290 g/mol. The summed E-state index contributed by atoms with van der Waals surface area (Å²) in [7, 11) is 0. The molecular weight excluding hydrogens is 268 g/mol. The SMILES string of the molecule is CCOC(=O)C1C(c2ccccc2)OC(=O)C1C(C)(C)C. The van der Waals surface area contributed by atoms with Gasteiger partial charge in [-0.1, -0.05) is 51.1 Å². The zero-order valence-corrected chi connectivity index (χ0v) is 13.0. The number of benzene rings is 1. The lowest BCUT2D eigenvalue weighted by molar-refractivity contribution is -0.152. The van der Waals surface area contributed by atoms with Crippen LogP contribution in [0, 0.1) is 17.3 Å².